The van der Waals surface area contributed by atoms with E-state index < -0.39 is 17.5 Å². The van der Waals surface area contributed by atoms with E-state index in [0.29, 0.717) is 5.82 Å². The normalized spacial score (nSPS) is 10.5. The van der Waals surface area contributed by atoms with Gasteiger partial charge in [-0.05, 0) is 24.3 Å². The van der Waals surface area contributed by atoms with Gasteiger partial charge in [-0.3, -0.25) is 9.36 Å². The number of hydrogen-bond donors (Lipinski definition) is 1. The average molecular weight is 301 g/mol. The van der Waals surface area contributed by atoms with Crippen LogP contribution >= 0.6 is 0 Å². The Balaban J connectivity index is 1.79. The molecule has 2 aromatic heterocycles. The quantitative estimate of drug-likeness (QED) is 0.805. The summed E-state index contributed by atoms with van der Waals surface area (Å²) in [6.45, 7) is 0. The molecule has 2 heterocycles. The van der Waals surface area contributed by atoms with Crippen LogP contribution in [0.15, 0.2) is 49.1 Å². The minimum atomic E-state index is -0.738. The van der Waals surface area contributed by atoms with Gasteiger partial charge in [0.25, 0.3) is 5.91 Å². The van der Waals surface area contributed by atoms with E-state index in [4.69, 9.17) is 0 Å². The second-order valence-electron chi connectivity index (χ2n) is 4.33. The fourth-order valence-corrected chi connectivity index (χ4v) is 1.76. The molecule has 0 saturated heterocycles. The molecule has 0 bridgehead atoms. The Hall–Kier alpha value is -3.16. The highest BCUT2D eigenvalue weighted by Crippen LogP contribution is 2.16. The molecule has 0 spiro atoms. The Morgan fingerprint density at radius 3 is 2.68 bits per heavy atom. The predicted molar refractivity (Wildman–Crippen MR) is 73.5 cm³/mol. The Bertz CT molecular complexity index is 803. The van der Waals surface area contributed by atoms with Crippen molar-refractivity contribution in [2.24, 2.45) is 0 Å². The molecule has 1 N–H and O–H groups in total. The summed E-state index contributed by atoms with van der Waals surface area (Å²) in [6.07, 6.45) is 4.78. The molecule has 8 heteroatoms. The molecule has 3 rings (SSSR count). The largest absolute Gasteiger partial charge is 0.318 e. The van der Waals surface area contributed by atoms with Crippen LogP contribution in [0.2, 0.25) is 0 Å². The van der Waals surface area contributed by atoms with Crippen LogP contribution in [0.25, 0.3) is 5.82 Å². The first-order chi connectivity index (χ1) is 10.6. The third-order valence-electron chi connectivity index (χ3n) is 2.83. The molecule has 110 valence electrons. The number of rotatable bonds is 3. The molecule has 1 aromatic carbocycles. The van der Waals surface area contributed by atoms with Crippen LogP contribution < -0.4 is 5.32 Å². The van der Waals surface area contributed by atoms with Crippen LogP contribution in [0.5, 0.6) is 0 Å². The number of amides is 1. The SMILES string of the molecule is O=C(Nc1cc(F)ccc1F)c1ccc(-n2ccnc2)nn1. The van der Waals surface area contributed by atoms with Gasteiger partial charge in [0.2, 0.25) is 0 Å². The van der Waals surface area contributed by atoms with E-state index in [1.807, 2.05) is 0 Å². The maximum atomic E-state index is 13.5. The number of benzene rings is 1. The molecule has 0 aliphatic carbocycles. The fraction of sp³-hybridized carbons (Fsp3) is 0. The number of anilines is 1. The van der Waals surface area contributed by atoms with Crippen molar-refractivity contribution in [2.45, 2.75) is 0 Å². The smallest absolute Gasteiger partial charge is 0.276 e. The molecule has 0 fully saturated rings. The number of hydrogen-bond acceptors (Lipinski definition) is 4. The Morgan fingerprint density at radius 2 is 2.00 bits per heavy atom. The number of carbonyl (C=O) groups excluding carboxylic acids is 1. The van der Waals surface area contributed by atoms with Crippen molar-refractivity contribution in [3.05, 3.63) is 66.4 Å². The van der Waals surface area contributed by atoms with Gasteiger partial charge in [0.1, 0.15) is 18.0 Å². The Morgan fingerprint density at radius 1 is 1.14 bits per heavy atom. The van der Waals surface area contributed by atoms with Gasteiger partial charge >= 0.3 is 0 Å². The highest BCUT2D eigenvalue weighted by atomic mass is 19.1. The highest BCUT2D eigenvalue weighted by molar-refractivity contribution is 6.02. The average Bonchev–Trinajstić information content (AvgIpc) is 3.05. The number of nitrogens with one attached hydrogen (secondary N) is 1. The van der Waals surface area contributed by atoms with Crippen molar-refractivity contribution in [1.29, 1.82) is 0 Å². The standard InChI is InChI=1S/C14H9F2N5O/c15-9-1-2-10(16)12(7-9)18-14(22)11-3-4-13(20-19-11)21-6-5-17-8-21/h1-8H,(H,18,22). The third kappa shape index (κ3) is 2.80. The lowest BCUT2D eigenvalue weighted by Gasteiger charge is -2.06. The number of imidazole rings is 1. The fourth-order valence-electron chi connectivity index (χ4n) is 1.76. The van der Waals surface area contributed by atoms with Crippen molar-refractivity contribution < 1.29 is 13.6 Å². The zero-order valence-corrected chi connectivity index (χ0v) is 11.1. The summed E-state index contributed by atoms with van der Waals surface area (Å²) in [5.41, 5.74) is -0.280. The summed E-state index contributed by atoms with van der Waals surface area (Å²) in [6, 6.07) is 5.77. The second kappa shape index (κ2) is 5.68. The van der Waals surface area contributed by atoms with Gasteiger partial charge in [-0.2, -0.15) is 0 Å². The zero-order valence-electron chi connectivity index (χ0n) is 11.1. The number of carbonyl (C=O) groups is 1. The van der Waals surface area contributed by atoms with E-state index in [9.17, 15) is 13.6 Å². The van der Waals surface area contributed by atoms with Crippen molar-refractivity contribution in [3.8, 4) is 5.82 Å². The van der Waals surface area contributed by atoms with Crippen molar-refractivity contribution in [3.63, 3.8) is 0 Å². The molecule has 22 heavy (non-hydrogen) atoms. The van der Waals surface area contributed by atoms with Gasteiger partial charge in [0.05, 0.1) is 5.69 Å². The molecule has 3 aromatic rings. The van der Waals surface area contributed by atoms with E-state index in [0.717, 1.165) is 18.2 Å². The molecule has 0 atom stereocenters. The number of aromatic nitrogens is 4. The topological polar surface area (TPSA) is 72.7 Å². The monoisotopic (exact) mass is 301 g/mol. The van der Waals surface area contributed by atoms with E-state index in [-0.39, 0.29) is 11.4 Å². The molecule has 0 radical (unpaired) electrons. The number of halogens is 2. The first-order valence-electron chi connectivity index (χ1n) is 6.22. The van der Waals surface area contributed by atoms with Crippen LogP contribution in [0.1, 0.15) is 10.5 Å². The van der Waals surface area contributed by atoms with Crippen molar-refractivity contribution in [1.82, 2.24) is 19.7 Å². The van der Waals surface area contributed by atoms with E-state index in [2.05, 4.69) is 20.5 Å². The van der Waals surface area contributed by atoms with Gasteiger partial charge in [-0.15, -0.1) is 10.2 Å². The first kappa shape index (κ1) is 13.8. The molecule has 1 amide bonds. The summed E-state index contributed by atoms with van der Waals surface area (Å²) < 4.78 is 28.1. The Labute approximate surface area is 123 Å². The lowest BCUT2D eigenvalue weighted by molar-refractivity contribution is 0.102. The third-order valence-corrected chi connectivity index (χ3v) is 2.83. The zero-order chi connectivity index (χ0) is 15.5. The molecular weight excluding hydrogens is 292 g/mol. The van der Waals surface area contributed by atoms with Crippen molar-refractivity contribution in [2.75, 3.05) is 5.32 Å². The van der Waals surface area contributed by atoms with Crippen LogP contribution in [-0.4, -0.2) is 25.7 Å². The Kier molecular flexibility index (Phi) is 3.57. The van der Waals surface area contributed by atoms with Gasteiger partial charge in [0.15, 0.2) is 11.5 Å². The van der Waals surface area contributed by atoms with Gasteiger partial charge in [-0.1, -0.05) is 0 Å². The van der Waals surface area contributed by atoms with Gasteiger partial charge < -0.3 is 5.32 Å². The van der Waals surface area contributed by atoms with Crippen LogP contribution in [0, 0.1) is 11.6 Å². The summed E-state index contributed by atoms with van der Waals surface area (Å²) in [7, 11) is 0. The molecule has 0 aliphatic heterocycles. The first-order valence-corrected chi connectivity index (χ1v) is 6.22. The second-order valence-corrected chi connectivity index (χ2v) is 4.33. The maximum absolute atomic E-state index is 13.5. The molecule has 0 aliphatic rings. The van der Waals surface area contributed by atoms with Crippen LogP contribution in [0.3, 0.4) is 0 Å². The summed E-state index contributed by atoms with van der Waals surface area (Å²) >= 11 is 0. The minimum Gasteiger partial charge on any atom is -0.318 e. The summed E-state index contributed by atoms with van der Waals surface area (Å²) in [4.78, 5) is 15.8. The minimum absolute atomic E-state index is 0.0208. The van der Waals surface area contributed by atoms with Crippen molar-refractivity contribution >= 4 is 11.6 Å². The lowest BCUT2D eigenvalue weighted by atomic mass is 10.2. The molecule has 0 unspecified atom stereocenters. The van der Waals surface area contributed by atoms with Crippen LogP contribution in [0.4, 0.5) is 14.5 Å². The van der Waals surface area contributed by atoms with Gasteiger partial charge in [0, 0.05) is 18.5 Å². The molecular formula is C14H9F2N5O. The summed E-state index contributed by atoms with van der Waals surface area (Å²) in [5.74, 6) is -1.60. The molecule has 0 saturated carbocycles. The lowest BCUT2D eigenvalue weighted by Crippen LogP contribution is -2.16. The summed E-state index contributed by atoms with van der Waals surface area (Å²) in [5, 5.41) is 9.87. The van der Waals surface area contributed by atoms with E-state index >= 15 is 0 Å². The maximum Gasteiger partial charge on any atom is 0.276 e. The van der Waals surface area contributed by atoms with Gasteiger partial charge in [-0.25, -0.2) is 13.8 Å². The van der Waals surface area contributed by atoms with E-state index in [1.165, 1.54) is 12.4 Å². The molecule has 6 nitrogen and oxygen atoms in total. The van der Waals surface area contributed by atoms with Crippen LogP contribution in [-0.2, 0) is 0 Å². The number of nitrogens with zero attached hydrogens (tertiary/aromatic N) is 4. The predicted octanol–water partition coefficient (Wildman–Crippen LogP) is 2.19. The highest BCUT2D eigenvalue weighted by Gasteiger charge is 2.12. The van der Waals surface area contributed by atoms with E-state index in [1.54, 1.807) is 23.0 Å².